The van der Waals surface area contributed by atoms with E-state index in [1.54, 1.807) is 0 Å². The van der Waals surface area contributed by atoms with Crippen LogP contribution in [0.25, 0.3) is 0 Å². The minimum atomic E-state index is -4.60. The van der Waals surface area contributed by atoms with E-state index in [1.165, 1.54) is 43.3 Å². The van der Waals surface area contributed by atoms with Crippen molar-refractivity contribution in [3.8, 4) is 0 Å². The molecule has 0 radical (unpaired) electrons. The number of nitrogens with one attached hydrogen (secondary N) is 2. The van der Waals surface area contributed by atoms with Crippen molar-refractivity contribution in [2.75, 3.05) is 11.9 Å². The Kier molecular flexibility index (Phi) is 6.98. The molecule has 2 aromatic rings. The lowest BCUT2D eigenvalue weighted by Crippen LogP contribution is -2.30. The number of benzene rings is 2. The highest BCUT2D eigenvalue weighted by Crippen LogP contribution is 2.32. The summed E-state index contributed by atoms with van der Waals surface area (Å²) in [6.07, 6.45) is -4.60. The number of ether oxygens (including phenoxy) is 1. The minimum absolute atomic E-state index is 0.165. The Morgan fingerprint density at radius 3 is 2.24 bits per heavy atom. The van der Waals surface area contributed by atoms with E-state index in [1.807, 2.05) is 4.72 Å². The van der Waals surface area contributed by atoms with Gasteiger partial charge in [0, 0.05) is 18.2 Å². The predicted molar refractivity (Wildman–Crippen MR) is 97.2 cm³/mol. The van der Waals surface area contributed by atoms with E-state index in [9.17, 15) is 31.2 Å². The van der Waals surface area contributed by atoms with Gasteiger partial charge in [0.05, 0.1) is 10.5 Å². The molecule has 0 aliphatic heterocycles. The smallest absolute Gasteiger partial charge is 0.416 e. The zero-order chi connectivity index (χ0) is 21.7. The van der Waals surface area contributed by atoms with Crippen LogP contribution < -0.4 is 10.0 Å². The predicted octanol–water partition coefficient (Wildman–Crippen LogP) is 2.69. The highest BCUT2D eigenvalue weighted by Gasteiger charge is 2.33. The van der Waals surface area contributed by atoms with Gasteiger partial charge in [-0.25, -0.2) is 8.42 Å². The number of esters is 1. The molecule has 11 heteroatoms. The first-order valence-electron chi connectivity index (χ1n) is 8.17. The number of carbonyl (C=O) groups excluding carboxylic acids is 2. The Hall–Kier alpha value is -2.92. The Labute approximate surface area is 164 Å². The zero-order valence-electron chi connectivity index (χ0n) is 15.1. The van der Waals surface area contributed by atoms with Crippen molar-refractivity contribution in [3.63, 3.8) is 0 Å². The molecular weight excluding hydrogens is 413 g/mol. The standard InChI is InChI=1S/C18H17F3N2O5S/c1-12(24)23-14-6-8-15(9-7-14)29(26,27)22-10-17(25)28-11-13-4-2-3-5-16(13)18(19,20)21/h2-9,22H,10-11H2,1H3,(H,23,24). The number of hydrogen-bond acceptors (Lipinski definition) is 5. The van der Waals surface area contributed by atoms with Crippen LogP contribution in [0.5, 0.6) is 0 Å². The van der Waals surface area contributed by atoms with Gasteiger partial charge < -0.3 is 10.1 Å². The van der Waals surface area contributed by atoms with Gasteiger partial charge in [-0.3, -0.25) is 9.59 Å². The van der Waals surface area contributed by atoms with Gasteiger partial charge in [0.2, 0.25) is 15.9 Å². The van der Waals surface area contributed by atoms with E-state index in [4.69, 9.17) is 4.74 Å². The first-order valence-corrected chi connectivity index (χ1v) is 9.65. The molecule has 156 valence electrons. The molecule has 0 saturated carbocycles. The van der Waals surface area contributed by atoms with Gasteiger partial charge in [0.15, 0.2) is 0 Å². The van der Waals surface area contributed by atoms with Crippen LogP contribution in [-0.4, -0.2) is 26.8 Å². The van der Waals surface area contributed by atoms with Crippen LogP contribution in [0.4, 0.5) is 18.9 Å². The first kappa shape index (κ1) is 22.4. The molecule has 2 aromatic carbocycles. The summed E-state index contributed by atoms with van der Waals surface area (Å²) in [5, 5.41) is 2.47. The molecule has 0 aromatic heterocycles. The van der Waals surface area contributed by atoms with Crippen LogP contribution in [0.3, 0.4) is 0 Å². The molecule has 0 saturated heterocycles. The van der Waals surface area contributed by atoms with E-state index in [-0.39, 0.29) is 16.4 Å². The van der Waals surface area contributed by atoms with Gasteiger partial charge in [-0.1, -0.05) is 18.2 Å². The van der Waals surface area contributed by atoms with Gasteiger partial charge in [-0.15, -0.1) is 0 Å². The second-order valence-corrected chi connectivity index (χ2v) is 7.61. The van der Waals surface area contributed by atoms with E-state index >= 15 is 0 Å². The van der Waals surface area contributed by atoms with Crippen LogP contribution in [0.15, 0.2) is 53.4 Å². The van der Waals surface area contributed by atoms with Crippen molar-refractivity contribution in [1.82, 2.24) is 4.72 Å². The Balaban J connectivity index is 1.94. The fourth-order valence-corrected chi connectivity index (χ4v) is 3.26. The molecule has 7 nitrogen and oxygen atoms in total. The molecule has 1 amide bonds. The van der Waals surface area contributed by atoms with Gasteiger partial charge in [0.1, 0.15) is 13.2 Å². The lowest BCUT2D eigenvalue weighted by atomic mass is 10.1. The van der Waals surface area contributed by atoms with Crippen LogP contribution in [0.2, 0.25) is 0 Å². The largest absolute Gasteiger partial charge is 0.460 e. The molecule has 0 fully saturated rings. The van der Waals surface area contributed by atoms with Crippen molar-refractivity contribution >= 4 is 27.6 Å². The normalized spacial score (nSPS) is 11.7. The fourth-order valence-electron chi connectivity index (χ4n) is 2.29. The molecule has 0 spiro atoms. The Morgan fingerprint density at radius 1 is 1.03 bits per heavy atom. The average Bonchev–Trinajstić information content (AvgIpc) is 2.64. The zero-order valence-corrected chi connectivity index (χ0v) is 15.9. The summed E-state index contributed by atoms with van der Waals surface area (Å²) in [6, 6.07) is 9.76. The van der Waals surface area contributed by atoms with Crippen LogP contribution in [0, 0.1) is 0 Å². The summed E-state index contributed by atoms with van der Waals surface area (Å²) in [6.45, 7) is -0.115. The summed E-state index contributed by atoms with van der Waals surface area (Å²) in [4.78, 5) is 22.5. The molecule has 0 bridgehead atoms. The SMILES string of the molecule is CC(=O)Nc1ccc(S(=O)(=O)NCC(=O)OCc2ccccc2C(F)(F)F)cc1. The van der Waals surface area contributed by atoms with E-state index < -0.39 is 40.9 Å². The van der Waals surface area contributed by atoms with Gasteiger partial charge in [-0.2, -0.15) is 17.9 Å². The quantitative estimate of drug-likeness (QED) is 0.658. The van der Waals surface area contributed by atoms with Gasteiger partial charge in [-0.05, 0) is 30.3 Å². The number of carbonyl (C=O) groups is 2. The van der Waals surface area contributed by atoms with E-state index in [0.717, 1.165) is 12.1 Å². The molecule has 0 atom stereocenters. The summed E-state index contributed by atoms with van der Waals surface area (Å²) in [5.41, 5.74) is -0.795. The fraction of sp³-hybridized carbons (Fsp3) is 0.222. The molecule has 2 rings (SSSR count). The van der Waals surface area contributed by atoms with Crippen LogP contribution in [0.1, 0.15) is 18.1 Å². The topological polar surface area (TPSA) is 102 Å². The summed E-state index contributed by atoms with van der Waals surface area (Å²) < 4.78 is 69.8. The Morgan fingerprint density at radius 2 is 1.66 bits per heavy atom. The lowest BCUT2D eigenvalue weighted by molar-refractivity contribution is -0.146. The van der Waals surface area contributed by atoms with Crippen molar-refractivity contribution in [2.45, 2.75) is 24.6 Å². The maximum atomic E-state index is 12.9. The van der Waals surface area contributed by atoms with Crippen molar-refractivity contribution in [1.29, 1.82) is 0 Å². The number of rotatable bonds is 7. The number of alkyl halides is 3. The number of amides is 1. The van der Waals surface area contributed by atoms with Crippen LogP contribution >= 0.6 is 0 Å². The van der Waals surface area contributed by atoms with Crippen molar-refractivity contribution in [2.24, 2.45) is 0 Å². The second kappa shape index (κ2) is 9.05. The summed E-state index contributed by atoms with van der Waals surface area (Å²) in [7, 11) is -4.06. The van der Waals surface area contributed by atoms with E-state index in [0.29, 0.717) is 5.69 Å². The molecule has 0 aliphatic rings. The maximum absolute atomic E-state index is 12.9. The van der Waals surface area contributed by atoms with Crippen molar-refractivity contribution < 1.29 is 35.9 Å². The van der Waals surface area contributed by atoms with E-state index in [2.05, 4.69) is 5.32 Å². The average molecular weight is 430 g/mol. The van der Waals surface area contributed by atoms with Gasteiger partial charge >= 0.3 is 12.1 Å². The molecule has 2 N–H and O–H groups in total. The number of anilines is 1. The maximum Gasteiger partial charge on any atom is 0.416 e. The minimum Gasteiger partial charge on any atom is -0.460 e. The molecule has 29 heavy (non-hydrogen) atoms. The first-order chi connectivity index (χ1) is 13.5. The van der Waals surface area contributed by atoms with Crippen molar-refractivity contribution in [3.05, 3.63) is 59.7 Å². The third-order valence-corrected chi connectivity index (χ3v) is 5.02. The summed E-state index contributed by atoms with van der Waals surface area (Å²) >= 11 is 0. The number of halogens is 3. The second-order valence-electron chi connectivity index (χ2n) is 5.85. The lowest BCUT2D eigenvalue weighted by Gasteiger charge is -2.13. The molecule has 0 aliphatic carbocycles. The van der Waals surface area contributed by atoms with Gasteiger partial charge in [0.25, 0.3) is 0 Å². The monoisotopic (exact) mass is 430 g/mol. The van der Waals surface area contributed by atoms with Crippen LogP contribution in [-0.2, 0) is 37.1 Å². The summed E-state index contributed by atoms with van der Waals surface area (Å²) in [5.74, 6) is -1.37. The number of hydrogen-bond donors (Lipinski definition) is 2. The Bertz CT molecular complexity index is 989. The number of sulfonamides is 1. The highest BCUT2D eigenvalue weighted by molar-refractivity contribution is 7.89. The third kappa shape index (κ3) is 6.57. The molecule has 0 heterocycles. The highest BCUT2D eigenvalue weighted by atomic mass is 32.2. The molecule has 0 unspecified atom stereocenters. The third-order valence-electron chi connectivity index (χ3n) is 3.60. The molecular formula is C18H17F3N2O5S.